The zero-order valence-electron chi connectivity index (χ0n) is 15.5. The van der Waals surface area contributed by atoms with Gasteiger partial charge in [-0.25, -0.2) is 0 Å². The molecule has 2 saturated heterocycles. The molecule has 0 aliphatic carbocycles. The number of benzene rings is 1. The Morgan fingerprint density at radius 3 is 2.65 bits per heavy atom. The topological polar surface area (TPSA) is 50.6 Å². The van der Waals surface area contributed by atoms with E-state index in [2.05, 4.69) is 27.7 Å². The first-order valence-electron chi connectivity index (χ1n) is 9.37. The zero-order chi connectivity index (χ0) is 18.1. The monoisotopic (exact) mass is 354 g/mol. The molecule has 1 amide bonds. The molecule has 1 aromatic carbocycles. The molecule has 0 N–H and O–H groups in total. The van der Waals surface area contributed by atoms with Crippen LogP contribution in [0.15, 0.2) is 30.3 Å². The van der Waals surface area contributed by atoms with E-state index in [0.29, 0.717) is 13.2 Å². The smallest absolute Gasteiger partial charge is 0.256 e. The van der Waals surface area contributed by atoms with Gasteiger partial charge in [0.1, 0.15) is 0 Å². The number of ether oxygens (including phenoxy) is 1. The van der Waals surface area contributed by atoms with Crippen molar-refractivity contribution in [1.29, 1.82) is 0 Å². The Labute approximate surface area is 154 Å². The number of morpholine rings is 1. The summed E-state index contributed by atoms with van der Waals surface area (Å²) in [7, 11) is 0. The van der Waals surface area contributed by atoms with Gasteiger partial charge < -0.3 is 14.5 Å². The first-order valence-corrected chi connectivity index (χ1v) is 9.37. The Hall–Kier alpha value is -2.34. The molecule has 2 aromatic rings. The third-order valence-electron chi connectivity index (χ3n) is 5.33. The van der Waals surface area contributed by atoms with Crippen molar-refractivity contribution in [3.8, 4) is 0 Å². The maximum absolute atomic E-state index is 13.2. The van der Waals surface area contributed by atoms with E-state index in [1.165, 1.54) is 0 Å². The SMILES string of the molecule is Cc1cc(C)n(C2CCN(C(=O)c3ccccc3N3CCOCC3)C2)n1. The lowest BCUT2D eigenvalue weighted by atomic mass is 10.1. The summed E-state index contributed by atoms with van der Waals surface area (Å²) in [5.41, 5.74) is 4.01. The summed E-state index contributed by atoms with van der Waals surface area (Å²) in [5.74, 6) is 0.121. The molecule has 2 aliphatic rings. The van der Waals surface area contributed by atoms with Gasteiger partial charge in [-0.3, -0.25) is 9.48 Å². The Morgan fingerprint density at radius 1 is 1.15 bits per heavy atom. The van der Waals surface area contributed by atoms with Crippen LogP contribution in [0.5, 0.6) is 0 Å². The lowest BCUT2D eigenvalue weighted by Gasteiger charge is -2.31. The van der Waals surface area contributed by atoms with Crippen molar-refractivity contribution in [1.82, 2.24) is 14.7 Å². The standard InChI is InChI=1S/C20H26N4O2/c1-15-13-16(2)24(21-15)17-7-8-23(14-17)20(25)18-5-3-4-6-19(18)22-9-11-26-12-10-22/h3-6,13,17H,7-12,14H2,1-2H3. The van der Waals surface area contributed by atoms with Crippen LogP contribution in [-0.2, 0) is 4.74 Å². The van der Waals surface area contributed by atoms with Crippen LogP contribution in [-0.4, -0.2) is 60.0 Å². The van der Waals surface area contributed by atoms with Gasteiger partial charge in [-0.15, -0.1) is 0 Å². The number of para-hydroxylation sites is 1. The molecule has 138 valence electrons. The number of aryl methyl sites for hydroxylation is 2. The number of carbonyl (C=O) groups excluding carboxylic acids is 1. The van der Waals surface area contributed by atoms with Gasteiger partial charge in [0.25, 0.3) is 5.91 Å². The number of anilines is 1. The highest BCUT2D eigenvalue weighted by molar-refractivity contribution is 6.00. The fourth-order valence-electron chi connectivity index (χ4n) is 4.05. The Kier molecular flexibility index (Phi) is 4.68. The fourth-order valence-corrected chi connectivity index (χ4v) is 4.05. The van der Waals surface area contributed by atoms with Gasteiger partial charge in [-0.05, 0) is 38.5 Å². The molecular weight excluding hydrogens is 328 g/mol. The van der Waals surface area contributed by atoms with Crippen molar-refractivity contribution >= 4 is 11.6 Å². The van der Waals surface area contributed by atoms with Crippen molar-refractivity contribution in [3.05, 3.63) is 47.3 Å². The van der Waals surface area contributed by atoms with E-state index >= 15 is 0 Å². The number of amides is 1. The third-order valence-corrected chi connectivity index (χ3v) is 5.33. The van der Waals surface area contributed by atoms with E-state index < -0.39 is 0 Å². The summed E-state index contributed by atoms with van der Waals surface area (Å²) in [6.45, 7) is 8.69. The van der Waals surface area contributed by atoms with Crippen LogP contribution in [0.2, 0.25) is 0 Å². The lowest BCUT2D eigenvalue weighted by Crippen LogP contribution is -2.38. The van der Waals surface area contributed by atoms with Gasteiger partial charge in [0.05, 0.1) is 30.5 Å². The molecule has 6 nitrogen and oxygen atoms in total. The average Bonchev–Trinajstić information content (AvgIpc) is 3.28. The number of aromatic nitrogens is 2. The zero-order valence-corrected chi connectivity index (χ0v) is 15.5. The minimum atomic E-state index is 0.121. The summed E-state index contributed by atoms with van der Waals surface area (Å²) in [6.07, 6.45) is 0.952. The second kappa shape index (κ2) is 7.11. The van der Waals surface area contributed by atoms with Gasteiger partial charge >= 0.3 is 0 Å². The highest BCUT2D eigenvalue weighted by Crippen LogP contribution is 2.28. The van der Waals surface area contributed by atoms with E-state index in [0.717, 1.165) is 55.2 Å². The predicted molar refractivity (Wildman–Crippen MR) is 101 cm³/mol. The second-order valence-electron chi connectivity index (χ2n) is 7.18. The quantitative estimate of drug-likeness (QED) is 0.849. The maximum atomic E-state index is 13.2. The molecule has 2 aliphatic heterocycles. The highest BCUT2D eigenvalue weighted by atomic mass is 16.5. The van der Waals surface area contributed by atoms with Gasteiger partial charge in [-0.2, -0.15) is 5.10 Å². The van der Waals surface area contributed by atoms with Crippen LogP contribution in [0.25, 0.3) is 0 Å². The number of likely N-dealkylation sites (tertiary alicyclic amines) is 1. The minimum Gasteiger partial charge on any atom is -0.378 e. The first kappa shape index (κ1) is 17.1. The normalized spacial score (nSPS) is 20.6. The van der Waals surface area contributed by atoms with Gasteiger partial charge in [0, 0.05) is 37.6 Å². The van der Waals surface area contributed by atoms with Gasteiger partial charge in [-0.1, -0.05) is 12.1 Å². The lowest BCUT2D eigenvalue weighted by molar-refractivity contribution is 0.0786. The van der Waals surface area contributed by atoms with Crippen LogP contribution in [0.3, 0.4) is 0 Å². The molecule has 4 rings (SSSR count). The van der Waals surface area contributed by atoms with E-state index in [-0.39, 0.29) is 11.9 Å². The minimum absolute atomic E-state index is 0.121. The molecule has 0 radical (unpaired) electrons. The highest BCUT2D eigenvalue weighted by Gasteiger charge is 2.31. The molecule has 0 bridgehead atoms. The predicted octanol–water partition coefficient (Wildman–Crippen LogP) is 2.42. The summed E-state index contributed by atoms with van der Waals surface area (Å²) in [6, 6.07) is 10.3. The second-order valence-corrected chi connectivity index (χ2v) is 7.18. The molecule has 3 heterocycles. The molecule has 1 unspecified atom stereocenters. The molecule has 0 spiro atoms. The molecule has 26 heavy (non-hydrogen) atoms. The number of rotatable bonds is 3. The van der Waals surface area contributed by atoms with Crippen LogP contribution in [0.1, 0.15) is 34.2 Å². The van der Waals surface area contributed by atoms with Gasteiger partial charge in [0.15, 0.2) is 0 Å². The van der Waals surface area contributed by atoms with E-state index in [4.69, 9.17) is 4.74 Å². The first-order chi connectivity index (χ1) is 12.6. The molecule has 0 saturated carbocycles. The summed E-state index contributed by atoms with van der Waals surface area (Å²) < 4.78 is 7.53. The van der Waals surface area contributed by atoms with E-state index in [1.807, 2.05) is 36.1 Å². The van der Waals surface area contributed by atoms with Crippen LogP contribution >= 0.6 is 0 Å². The number of nitrogens with zero attached hydrogens (tertiary/aromatic N) is 4. The average molecular weight is 354 g/mol. The van der Waals surface area contributed by atoms with Gasteiger partial charge in [0.2, 0.25) is 0 Å². The largest absolute Gasteiger partial charge is 0.378 e. The van der Waals surface area contributed by atoms with E-state index in [1.54, 1.807) is 0 Å². The van der Waals surface area contributed by atoms with E-state index in [9.17, 15) is 4.79 Å². The Balaban J connectivity index is 1.53. The van der Waals surface area contributed by atoms with Crippen LogP contribution in [0.4, 0.5) is 5.69 Å². The molecule has 2 fully saturated rings. The van der Waals surface area contributed by atoms with Crippen LogP contribution in [0, 0.1) is 13.8 Å². The fraction of sp³-hybridized carbons (Fsp3) is 0.500. The third kappa shape index (κ3) is 3.21. The maximum Gasteiger partial charge on any atom is 0.256 e. The molecule has 1 aromatic heterocycles. The Bertz CT molecular complexity index is 795. The van der Waals surface area contributed by atoms with Crippen LogP contribution < -0.4 is 4.90 Å². The van der Waals surface area contributed by atoms with Crippen molar-refractivity contribution in [2.24, 2.45) is 0 Å². The molecule has 6 heteroatoms. The Morgan fingerprint density at radius 2 is 1.92 bits per heavy atom. The van der Waals surface area contributed by atoms with Crippen molar-refractivity contribution < 1.29 is 9.53 Å². The number of hydrogen-bond donors (Lipinski definition) is 0. The number of hydrogen-bond acceptors (Lipinski definition) is 4. The summed E-state index contributed by atoms with van der Waals surface area (Å²) >= 11 is 0. The number of carbonyl (C=O) groups is 1. The van der Waals surface area contributed by atoms with Crippen molar-refractivity contribution in [3.63, 3.8) is 0 Å². The van der Waals surface area contributed by atoms with Crippen molar-refractivity contribution in [2.75, 3.05) is 44.3 Å². The summed E-state index contributed by atoms with van der Waals surface area (Å²) in [4.78, 5) is 17.4. The molecule has 1 atom stereocenters. The van der Waals surface area contributed by atoms with Crippen molar-refractivity contribution in [2.45, 2.75) is 26.3 Å². The molecular formula is C20H26N4O2. The summed E-state index contributed by atoms with van der Waals surface area (Å²) in [5, 5.41) is 4.61.